The minimum absolute atomic E-state index is 0.253. The minimum atomic E-state index is -0.349. The lowest BCUT2D eigenvalue weighted by atomic mass is 10.0. The van der Waals surface area contributed by atoms with Crippen molar-refractivity contribution in [2.75, 3.05) is 38.2 Å². The summed E-state index contributed by atoms with van der Waals surface area (Å²) in [6, 6.07) is 15.0. The van der Waals surface area contributed by atoms with Crippen LogP contribution in [0.15, 0.2) is 48.7 Å². The zero-order valence-electron chi connectivity index (χ0n) is 29.4. The zero-order valence-corrected chi connectivity index (χ0v) is 30.1. The average molecular weight is 701 g/mol. The number of rotatable bonds is 13. The van der Waals surface area contributed by atoms with E-state index < -0.39 is 0 Å². The van der Waals surface area contributed by atoms with Crippen molar-refractivity contribution >= 4 is 40.1 Å². The molecule has 2 fully saturated rings. The van der Waals surface area contributed by atoms with Gasteiger partial charge in [-0.1, -0.05) is 42.8 Å². The summed E-state index contributed by atoms with van der Waals surface area (Å²) in [5.41, 5.74) is 7.70. The molecule has 2 saturated heterocycles. The molecule has 0 bridgehead atoms. The predicted octanol–water partition coefficient (Wildman–Crippen LogP) is 5.04. The second kappa shape index (κ2) is 16.8. The van der Waals surface area contributed by atoms with Crippen LogP contribution in [0.2, 0.25) is 5.02 Å². The number of nitrogens with zero attached hydrogens (tertiary/aromatic N) is 4. The number of fused-ring (bicyclic) bond motifs is 1. The van der Waals surface area contributed by atoms with Gasteiger partial charge in [0.05, 0.1) is 17.3 Å². The van der Waals surface area contributed by atoms with Gasteiger partial charge in [0.2, 0.25) is 11.8 Å². The molecule has 12 heteroatoms. The van der Waals surface area contributed by atoms with Crippen LogP contribution >= 0.6 is 11.6 Å². The van der Waals surface area contributed by atoms with Crippen LogP contribution in [0.25, 0.3) is 22.2 Å². The summed E-state index contributed by atoms with van der Waals surface area (Å²) in [5, 5.41) is 19.3. The van der Waals surface area contributed by atoms with E-state index in [1.807, 2.05) is 36.0 Å². The van der Waals surface area contributed by atoms with Crippen molar-refractivity contribution < 1.29 is 14.3 Å². The number of halogens is 1. The maximum Gasteiger partial charge on any atom is 0.229 e. The first-order chi connectivity index (χ1) is 24.3. The summed E-state index contributed by atoms with van der Waals surface area (Å²) < 4.78 is 7.47. The highest BCUT2D eigenvalue weighted by atomic mass is 35.5. The van der Waals surface area contributed by atoms with Gasteiger partial charge in [0.1, 0.15) is 6.42 Å². The van der Waals surface area contributed by atoms with E-state index in [0.29, 0.717) is 37.2 Å². The normalized spacial score (nSPS) is 17.2. The van der Waals surface area contributed by atoms with Crippen LogP contribution < -0.4 is 21.3 Å². The van der Waals surface area contributed by atoms with Crippen LogP contribution in [0.1, 0.15) is 62.4 Å². The van der Waals surface area contributed by atoms with Gasteiger partial charge in [-0.2, -0.15) is 5.10 Å². The predicted molar refractivity (Wildman–Crippen MR) is 198 cm³/mol. The minimum Gasteiger partial charge on any atom is -0.381 e. The van der Waals surface area contributed by atoms with Crippen LogP contribution in [-0.2, 0) is 46.9 Å². The Morgan fingerprint density at radius 2 is 1.84 bits per heavy atom. The number of aromatic nitrogens is 3. The SMILES string of the molecule is CCc1nc2c(cnn2CC)c(NC2CCOCC2)c1CNC(=O)CC(=O)NCc1ccc(Cl)c(-c2cccc(CN3CCN[C@H](C)C3)c2)c1. The number of ether oxygens (including phenoxy) is 1. The van der Waals surface area contributed by atoms with Gasteiger partial charge in [-0.25, -0.2) is 9.67 Å². The van der Waals surface area contributed by atoms with E-state index in [9.17, 15) is 9.59 Å². The Morgan fingerprint density at radius 1 is 1.04 bits per heavy atom. The molecule has 0 spiro atoms. The molecule has 0 aliphatic carbocycles. The van der Waals surface area contributed by atoms with E-state index in [0.717, 1.165) is 83.7 Å². The van der Waals surface area contributed by atoms with Gasteiger partial charge in [0.15, 0.2) is 5.65 Å². The Bertz CT molecular complexity index is 1800. The summed E-state index contributed by atoms with van der Waals surface area (Å²) in [5.74, 6) is -0.696. The summed E-state index contributed by atoms with van der Waals surface area (Å²) in [6.07, 6.45) is 4.06. The maximum absolute atomic E-state index is 13.1. The highest BCUT2D eigenvalue weighted by Gasteiger charge is 2.22. The van der Waals surface area contributed by atoms with E-state index >= 15 is 0 Å². The van der Waals surface area contributed by atoms with E-state index in [-0.39, 0.29) is 37.4 Å². The molecule has 266 valence electrons. The van der Waals surface area contributed by atoms with E-state index in [1.165, 1.54) is 5.56 Å². The van der Waals surface area contributed by atoms with E-state index in [4.69, 9.17) is 21.3 Å². The van der Waals surface area contributed by atoms with Gasteiger partial charge >= 0.3 is 0 Å². The fraction of sp³-hybridized carbons (Fsp3) is 0.474. The second-order valence-corrected chi connectivity index (χ2v) is 13.7. The molecule has 50 heavy (non-hydrogen) atoms. The van der Waals surface area contributed by atoms with Gasteiger partial charge in [0.25, 0.3) is 0 Å². The van der Waals surface area contributed by atoms with Gasteiger partial charge in [-0.3, -0.25) is 14.5 Å². The number of nitrogens with one attached hydrogen (secondary N) is 4. The molecule has 2 aromatic carbocycles. The lowest BCUT2D eigenvalue weighted by Gasteiger charge is -2.31. The van der Waals surface area contributed by atoms with Crippen molar-refractivity contribution in [3.05, 3.63) is 76.1 Å². The lowest BCUT2D eigenvalue weighted by Crippen LogP contribution is -2.48. The fourth-order valence-electron chi connectivity index (χ4n) is 6.91. The molecule has 2 aliphatic rings. The Kier molecular flexibility index (Phi) is 12.0. The molecule has 4 N–H and O–H groups in total. The Morgan fingerprint density at radius 3 is 2.60 bits per heavy atom. The van der Waals surface area contributed by atoms with Crippen molar-refractivity contribution in [1.29, 1.82) is 0 Å². The van der Waals surface area contributed by atoms with E-state index in [1.54, 1.807) is 0 Å². The molecule has 2 amide bonds. The van der Waals surface area contributed by atoms with Crippen molar-refractivity contribution in [1.82, 2.24) is 35.6 Å². The second-order valence-electron chi connectivity index (χ2n) is 13.3. The Balaban J connectivity index is 1.07. The van der Waals surface area contributed by atoms with Crippen LogP contribution in [0.4, 0.5) is 5.69 Å². The number of aryl methyl sites for hydroxylation is 2. The smallest absolute Gasteiger partial charge is 0.229 e. The molecule has 0 saturated carbocycles. The van der Waals surface area contributed by atoms with Crippen LogP contribution in [-0.4, -0.2) is 76.4 Å². The van der Waals surface area contributed by atoms with Crippen molar-refractivity contribution in [3.63, 3.8) is 0 Å². The number of amides is 2. The molecule has 1 atom stereocenters. The molecule has 0 radical (unpaired) electrons. The number of anilines is 1. The summed E-state index contributed by atoms with van der Waals surface area (Å²) in [6.45, 7) is 12.9. The summed E-state index contributed by atoms with van der Waals surface area (Å²) >= 11 is 6.66. The lowest BCUT2D eigenvalue weighted by molar-refractivity contribution is -0.129. The fourth-order valence-corrected chi connectivity index (χ4v) is 7.14. The van der Waals surface area contributed by atoms with Gasteiger partial charge in [-0.15, -0.1) is 0 Å². The molecule has 4 aromatic rings. The quantitative estimate of drug-likeness (QED) is 0.143. The number of hydrogen-bond donors (Lipinski definition) is 4. The molecule has 0 unspecified atom stereocenters. The average Bonchev–Trinajstić information content (AvgIpc) is 3.54. The molecular formula is C38H49ClN8O3. The Hall–Kier alpha value is -4.03. The number of benzene rings is 2. The highest BCUT2D eigenvalue weighted by molar-refractivity contribution is 6.33. The number of carbonyl (C=O) groups is 2. The number of hydrogen-bond acceptors (Lipinski definition) is 8. The first kappa shape index (κ1) is 35.8. The number of carbonyl (C=O) groups excluding carboxylic acids is 2. The molecule has 6 rings (SSSR count). The van der Waals surface area contributed by atoms with Gasteiger partial charge in [0, 0.05) is 93.0 Å². The molecule has 4 heterocycles. The van der Waals surface area contributed by atoms with Crippen molar-refractivity contribution in [3.8, 4) is 11.1 Å². The third-order valence-corrected chi connectivity index (χ3v) is 9.91. The number of piperazine rings is 1. The topological polar surface area (TPSA) is 125 Å². The molecule has 2 aliphatic heterocycles. The van der Waals surface area contributed by atoms with Crippen molar-refractivity contribution in [2.45, 2.75) is 84.7 Å². The third-order valence-electron chi connectivity index (χ3n) is 9.58. The van der Waals surface area contributed by atoms with E-state index in [2.05, 4.69) is 69.4 Å². The summed E-state index contributed by atoms with van der Waals surface area (Å²) in [4.78, 5) is 33.4. The van der Waals surface area contributed by atoms with Gasteiger partial charge < -0.3 is 26.0 Å². The number of pyridine rings is 1. The van der Waals surface area contributed by atoms with Crippen molar-refractivity contribution in [2.24, 2.45) is 0 Å². The molecule has 2 aromatic heterocycles. The maximum atomic E-state index is 13.1. The van der Waals surface area contributed by atoms with Crippen LogP contribution in [0.3, 0.4) is 0 Å². The highest BCUT2D eigenvalue weighted by Crippen LogP contribution is 2.32. The van der Waals surface area contributed by atoms with Gasteiger partial charge in [-0.05, 0) is 68.0 Å². The van der Waals surface area contributed by atoms with Crippen LogP contribution in [0, 0.1) is 0 Å². The first-order valence-electron chi connectivity index (χ1n) is 17.9. The molecular weight excluding hydrogens is 652 g/mol. The standard InChI is InChI=1S/C38H49ClN8O3/c1-4-34-31(37(44-29-11-15-50-16-12-29)32-22-43-47(5-2)38(32)45-34)21-42-36(49)19-35(48)41-20-26-9-10-33(39)30(18-26)28-8-6-7-27(17-28)24-46-14-13-40-25(3)23-46/h6-10,17-18,22,25,29,40H,4-5,11-16,19-21,23-24H2,1-3H3,(H,41,48)(H,42,49)(H,44,45)/t25-/m1/s1. The molecule has 11 nitrogen and oxygen atoms in total. The first-order valence-corrected chi connectivity index (χ1v) is 18.3. The summed E-state index contributed by atoms with van der Waals surface area (Å²) in [7, 11) is 0. The third kappa shape index (κ3) is 8.81. The van der Waals surface area contributed by atoms with Crippen LogP contribution in [0.5, 0.6) is 0 Å². The largest absolute Gasteiger partial charge is 0.381 e. The monoisotopic (exact) mass is 700 g/mol. The Labute approximate surface area is 299 Å². The zero-order chi connectivity index (χ0) is 35.0.